The molecule has 0 fully saturated rings. The van der Waals surface area contributed by atoms with Gasteiger partial charge in [-0.05, 0) is 25.5 Å². The molecule has 6 heteroatoms. The lowest BCUT2D eigenvalue weighted by Gasteiger charge is -2.24. The molecule has 2 aromatic carbocycles. The Labute approximate surface area is 139 Å². The SMILES string of the molecule is CCOC(=O)c1ccc(CC(C)(O)c2ccccc2)c([N+](=O)[O-])c1. The van der Waals surface area contributed by atoms with Gasteiger partial charge in [-0.2, -0.15) is 0 Å². The monoisotopic (exact) mass is 329 g/mol. The van der Waals surface area contributed by atoms with Gasteiger partial charge in [-0.15, -0.1) is 0 Å². The number of nitro benzene ring substituents is 1. The van der Waals surface area contributed by atoms with Gasteiger partial charge < -0.3 is 9.84 Å². The lowest BCUT2D eigenvalue weighted by molar-refractivity contribution is -0.385. The molecule has 2 rings (SSSR count). The standard InChI is InChI=1S/C18H19NO5/c1-3-24-17(20)13-9-10-14(16(11-13)19(22)23)12-18(2,21)15-7-5-4-6-8-15/h4-11,21H,3,12H2,1-2H3. The zero-order valence-corrected chi connectivity index (χ0v) is 13.6. The average Bonchev–Trinajstić information content (AvgIpc) is 2.55. The molecule has 0 spiro atoms. The van der Waals surface area contributed by atoms with Gasteiger partial charge in [0, 0.05) is 18.1 Å². The van der Waals surface area contributed by atoms with E-state index in [9.17, 15) is 20.0 Å². The predicted molar refractivity (Wildman–Crippen MR) is 88.8 cm³/mol. The van der Waals surface area contributed by atoms with Gasteiger partial charge in [0.15, 0.2) is 0 Å². The van der Waals surface area contributed by atoms with E-state index in [4.69, 9.17) is 4.74 Å². The Morgan fingerprint density at radius 1 is 1.25 bits per heavy atom. The summed E-state index contributed by atoms with van der Waals surface area (Å²) in [7, 11) is 0. The van der Waals surface area contributed by atoms with E-state index in [0.717, 1.165) is 0 Å². The van der Waals surface area contributed by atoms with Crippen molar-refractivity contribution in [3.63, 3.8) is 0 Å². The van der Waals surface area contributed by atoms with E-state index in [0.29, 0.717) is 11.1 Å². The molecular formula is C18H19NO5. The van der Waals surface area contributed by atoms with Crippen molar-refractivity contribution >= 4 is 11.7 Å². The fraction of sp³-hybridized carbons (Fsp3) is 0.278. The highest BCUT2D eigenvalue weighted by Gasteiger charge is 2.28. The second-order valence-electron chi connectivity index (χ2n) is 5.64. The second-order valence-corrected chi connectivity index (χ2v) is 5.64. The van der Waals surface area contributed by atoms with E-state index in [1.165, 1.54) is 18.2 Å². The lowest BCUT2D eigenvalue weighted by atomic mass is 9.88. The minimum atomic E-state index is -1.27. The number of hydrogen-bond donors (Lipinski definition) is 1. The Morgan fingerprint density at radius 2 is 1.92 bits per heavy atom. The van der Waals surface area contributed by atoms with Crippen LogP contribution in [0.3, 0.4) is 0 Å². The Balaban J connectivity index is 2.36. The van der Waals surface area contributed by atoms with Crippen molar-refractivity contribution in [1.29, 1.82) is 0 Å². The highest BCUT2D eigenvalue weighted by atomic mass is 16.6. The van der Waals surface area contributed by atoms with Crippen LogP contribution in [0.15, 0.2) is 48.5 Å². The Hall–Kier alpha value is -2.73. The van der Waals surface area contributed by atoms with Crippen LogP contribution in [0.4, 0.5) is 5.69 Å². The number of carbonyl (C=O) groups excluding carboxylic acids is 1. The summed E-state index contributed by atoms with van der Waals surface area (Å²) in [6.07, 6.45) is 0.0520. The van der Waals surface area contributed by atoms with Crippen LogP contribution in [-0.2, 0) is 16.8 Å². The van der Waals surface area contributed by atoms with Crippen LogP contribution >= 0.6 is 0 Å². The molecule has 24 heavy (non-hydrogen) atoms. The van der Waals surface area contributed by atoms with Crippen molar-refractivity contribution in [2.75, 3.05) is 6.61 Å². The minimum Gasteiger partial charge on any atom is -0.462 e. The van der Waals surface area contributed by atoms with Crippen molar-refractivity contribution < 1.29 is 19.6 Å². The Morgan fingerprint density at radius 3 is 2.50 bits per heavy atom. The zero-order chi connectivity index (χ0) is 17.7. The average molecular weight is 329 g/mol. The highest BCUT2D eigenvalue weighted by molar-refractivity contribution is 5.90. The molecule has 0 aliphatic carbocycles. The number of esters is 1. The fourth-order valence-corrected chi connectivity index (χ4v) is 2.49. The maximum atomic E-state index is 11.7. The number of hydrogen-bond acceptors (Lipinski definition) is 5. The first-order valence-corrected chi connectivity index (χ1v) is 7.57. The highest BCUT2D eigenvalue weighted by Crippen LogP contribution is 2.30. The van der Waals surface area contributed by atoms with Crippen molar-refractivity contribution in [2.24, 2.45) is 0 Å². The predicted octanol–water partition coefficient (Wildman–Crippen LogP) is 3.22. The number of carbonyl (C=O) groups is 1. The quantitative estimate of drug-likeness (QED) is 0.499. The number of benzene rings is 2. The van der Waals surface area contributed by atoms with Gasteiger partial charge in [0.2, 0.25) is 0 Å². The molecule has 2 aromatic rings. The van der Waals surface area contributed by atoms with Crippen LogP contribution in [-0.4, -0.2) is 22.6 Å². The van der Waals surface area contributed by atoms with Crippen molar-refractivity contribution in [2.45, 2.75) is 25.9 Å². The second kappa shape index (κ2) is 7.23. The number of rotatable bonds is 6. The molecular weight excluding hydrogens is 310 g/mol. The van der Waals surface area contributed by atoms with Gasteiger partial charge in [0.05, 0.1) is 22.7 Å². The van der Waals surface area contributed by atoms with E-state index in [1.807, 2.05) is 6.07 Å². The lowest BCUT2D eigenvalue weighted by Crippen LogP contribution is -2.24. The van der Waals surface area contributed by atoms with Crippen LogP contribution in [0.1, 0.15) is 35.3 Å². The number of ether oxygens (including phenoxy) is 1. The molecule has 0 aliphatic heterocycles. The molecule has 126 valence electrons. The van der Waals surface area contributed by atoms with Crippen molar-refractivity contribution in [1.82, 2.24) is 0 Å². The molecule has 0 radical (unpaired) electrons. The van der Waals surface area contributed by atoms with Crippen LogP contribution in [0.25, 0.3) is 0 Å². The molecule has 0 heterocycles. The first-order chi connectivity index (χ1) is 11.3. The van der Waals surface area contributed by atoms with E-state index in [1.54, 1.807) is 38.1 Å². The topological polar surface area (TPSA) is 89.7 Å². The third-order valence-corrected chi connectivity index (χ3v) is 3.72. The third kappa shape index (κ3) is 3.97. The summed E-state index contributed by atoms with van der Waals surface area (Å²) in [6, 6.07) is 13.1. The number of aliphatic hydroxyl groups is 1. The number of nitro groups is 1. The van der Waals surface area contributed by atoms with Crippen molar-refractivity contribution in [3.8, 4) is 0 Å². The van der Waals surface area contributed by atoms with E-state index >= 15 is 0 Å². The van der Waals surface area contributed by atoms with E-state index < -0.39 is 16.5 Å². The number of nitrogens with zero attached hydrogens (tertiary/aromatic N) is 1. The van der Waals surface area contributed by atoms with Gasteiger partial charge in [-0.1, -0.05) is 36.4 Å². The molecule has 1 atom stereocenters. The van der Waals surface area contributed by atoms with Crippen molar-refractivity contribution in [3.05, 3.63) is 75.3 Å². The van der Waals surface area contributed by atoms with Gasteiger partial charge in [0.1, 0.15) is 0 Å². The molecule has 0 saturated carbocycles. The summed E-state index contributed by atoms with van der Waals surface area (Å²) in [5, 5.41) is 22.0. The molecule has 1 unspecified atom stereocenters. The van der Waals surface area contributed by atoms with Crippen LogP contribution in [0.5, 0.6) is 0 Å². The maximum Gasteiger partial charge on any atom is 0.338 e. The summed E-state index contributed by atoms with van der Waals surface area (Å²) < 4.78 is 4.86. The summed E-state index contributed by atoms with van der Waals surface area (Å²) in [5.74, 6) is -0.609. The van der Waals surface area contributed by atoms with Gasteiger partial charge in [0.25, 0.3) is 5.69 Å². The first kappa shape index (κ1) is 17.6. The van der Waals surface area contributed by atoms with Gasteiger partial charge in [-0.25, -0.2) is 4.79 Å². The molecule has 0 saturated heterocycles. The molecule has 0 aromatic heterocycles. The molecule has 6 nitrogen and oxygen atoms in total. The largest absolute Gasteiger partial charge is 0.462 e. The zero-order valence-electron chi connectivity index (χ0n) is 13.6. The summed E-state index contributed by atoms with van der Waals surface area (Å²) in [6.45, 7) is 3.46. The van der Waals surface area contributed by atoms with E-state index in [-0.39, 0.29) is 24.3 Å². The van der Waals surface area contributed by atoms with Gasteiger partial charge >= 0.3 is 5.97 Å². The normalized spacial score (nSPS) is 13.1. The first-order valence-electron chi connectivity index (χ1n) is 7.57. The van der Waals surface area contributed by atoms with Crippen LogP contribution < -0.4 is 0 Å². The summed E-state index contributed by atoms with van der Waals surface area (Å²) >= 11 is 0. The summed E-state index contributed by atoms with van der Waals surface area (Å²) in [4.78, 5) is 22.5. The molecule has 0 aliphatic rings. The molecule has 1 N–H and O–H groups in total. The summed E-state index contributed by atoms with van der Waals surface area (Å²) in [5.41, 5.74) is -0.351. The minimum absolute atomic E-state index is 0.0520. The fourth-order valence-electron chi connectivity index (χ4n) is 2.49. The van der Waals surface area contributed by atoms with Crippen LogP contribution in [0.2, 0.25) is 0 Å². The molecule has 0 amide bonds. The van der Waals surface area contributed by atoms with Gasteiger partial charge in [-0.3, -0.25) is 10.1 Å². The third-order valence-electron chi connectivity index (χ3n) is 3.72. The molecule has 0 bridgehead atoms. The maximum absolute atomic E-state index is 11.7. The van der Waals surface area contributed by atoms with E-state index in [2.05, 4.69) is 0 Å². The van der Waals surface area contributed by atoms with Crippen LogP contribution in [0, 0.1) is 10.1 Å². The Kier molecular flexibility index (Phi) is 5.31. The smallest absolute Gasteiger partial charge is 0.338 e. The Bertz CT molecular complexity index is 740.